The van der Waals surface area contributed by atoms with Gasteiger partial charge in [-0.1, -0.05) is 13.8 Å². The summed E-state index contributed by atoms with van der Waals surface area (Å²) in [4.78, 5) is 11.5. The van der Waals surface area contributed by atoms with Gasteiger partial charge < -0.3 is 5.11 Å². The predicted molar refractivity (Wildman–Crippen MR) is 48.4 cm³/mol. The van der Waals surface area contributed by atoms with Gasteiger partial charge in [0.25, 0.3) is 0 Å². The second-order valence-electron chi connectivity index (χ2n) is 3.46. The van der Waals surface area contributed by atoms with Crippen LogP contribution in [-0.2, 0) is 7.05 Å². The average Bonchev–Trinajstić information content (AvgIpc) is 2.49. The molecule has 0 radical (unpaired) electrons. The molecule has 0 saturated carbocycles. The molecule has 1 aromatic rings. The molecule has 0 aliphatic carbocycles. The summed E-state index contributed by atoms with van der Waals surface area (Å²) in [7, 11) is 1.73. The third-order valence-corrected chi connectivity index (χ3v) is 1.89. The zero-order valence-electron chi connectivity index (χ0n) is 8.06. The minimum atomic E-state index is -0.927. The molecule has 0 aliphatic rings. The van der Waals surface area contributed by atoms with E-state index in [1.807, 2.05) is 0 Å². The number of aromatic nitrogens is 2. The van der Waals surface area contributed by atoms with Gasteiger partial charge in [0.2, 0.25) is 0 Å². The van der Waals surface area contributed by atoms with Crippen molar-refractivity contribution < 1.29 is 9.90 Å². The van der Waals surface area contributed by atoms with E-state index < -0.39 is 6.10 Å². The van der Waals surface area contributed by atoms with Crippen LogP contribution in [0, 0.1) is 5.92 Å². The Labute approximate surface area is 77.2 Å². The molecule has 0 aliphatic heterocycles. The van der Waals surface area contributed by atoms with E-state index in [1.54, 1.807) is 31.8 Å². The van der Waals surface area contributed by atoms with Crippen LogP contribution >= 0.6 is 0 Å². The van der Waals surface area contributed by atoms with Crippen molar-refractivity contribution in [3.05, 3.63) is 18.0 Å². The third kappa shape index (κ3) is 2.15. The zero-order valence-corrected chi connectivity index (χ0v) is 8.06. The zero-order chi connectivity index (χ0) is 10.0. The van der Waals surface area contributed by atoms with Crippen LogP contribution in [-0.4, -0.2) is 26.8 Å². The van der Waals surface area contributed by atoms with Crippen molar-refractivity contribution in [2.24, 2.45) is 13.0 Å². The fourth-order valence-corrected chi connectivity index (χ4v) is 1.02. The predicted octanol–water partition coefficient (Wildman–Crippen LogP) is 0.620. The standard InChI is InChI=1S/C9H14N2O2/c1-6(2)8(12)9(13)7-4-10-11(3)5-7/h4-6,8,12H,1-3H3. The van der Waals surface area contributed by atoms with Crippen molar-refractivity contribution >= 4 is 5.78 Å². The van der Waals surface area contributed by atoms with Crippen LogP contribution < -0.4 is 0 Å². The van der Waals surface area contributed by atoms with Gasteiger partial charge in [-0.2, -0.15) is 5.10 Å². The molecule has 4 heteroatoms. The lowest BCUT2D eigenvalue weighted by atomic mass is 10.00. The van der Waals surface area contributed by atoms with Crippen molar-refractivity contribution in [3.8, 4) is 0 Å². The lowest BCUT2D eigenvalue weighted by molar-refractivity contribution is 0.0648. The molecular weight excluding hydrogens is 168 g/mol. The number of hydrogen-bond acceptors (Lipinski definition) is 3. The van der Waals surface area contributed by atoms with E-state index >= 15 is 0 Å². The van der Waals surface area contributed by atoms with Gasteiger partial charge in [0.05, 0.1) is 11.8 Å². The fourth-order valence-electron chi connectivity index (χ4n) is 1.02. The van der Waals surface area contributed by atoms with Gasteiger partial charge in [-0.25, -0.2) is 0 Å². The quantitative estimate of drug-likeness (QED) is 0.697. The summed E-state index contributed by atoms with van der Waals surface area (Å²) in [6.07, 6.45) is 2.14. The molecule has 0 spiro atoms. The van der Waals surface area contributed by atoms with Crippen molar-refractivity contribution in [3.63, 3.8) is 0 Å². The molecule has 0 saturated heterocycles. The molecule has 1 N–H and O–H groups in total. The maximum atomic E-state index is 11.5. The molecule has 1 aromatic heterocycles. The Balaban J connectivity index is 2.79. The van der Waals surface area contributed by atoms with Crippen LogP contribution in [0.15, 0.2) is 12.4 Å². The number of aliphatic hydroxyl groups excluding tert-OH is 1. The monoisotopic (exact) mass is 182 g/mol. The largest absolute Gasteiger partial charge is 0.385 e. The first-order chi connectivity index (χ1) is 6.02. The van der Waals surface area contributed by atoms with E-state index in [2.05, 4.69) is 5.10 Å². The second-order valence-corrected chi connectivity index (χ2v) is 3.46. The van der Waals surface area contributed by atoms with Gasteiger partial charge in [-0.05, 0) is 5.92 Å². The summed E-state index contributed by atoms with van der Waals surface area (Å²) in [5, 5.41) is 13.3. The second kappa shape index (κ2) is 3.70. The number of carbonyl (C=O) groups is 1. The third-order valence-electron chi connectivity index (χ3n) is 1.89. The molecule has 1 unspecified atom stereocenters. The summed E-state index contributed by atoms with van der Waals surface area (Å²) >= 11 is 0. The molecule has 1 heterocycles. The summed E-state index contributed by atoms with van der Waals surface area (Å²) < 4.78 is 1.54. The van der Waals surface area contributed by atoms with Gasteiger partial charge in [-0.3, -0.25) is 9.48 Å². The van der Waals surface area contributed by atoms with E-state index in [-0.39, 0.29) is 11.7 Å². The van der Waals surface area contributed by atoms with E-state index in [0.717, 1.165) is 0 Å². The number of carbonyl (C=O) groups excluding carboxylic acids is 1. The lowest BCUT2D eigenvalue weighted by Gasteiger charge is -2.11. The Morgan fingerprint density at radius 1 is 1.62 bits per heavy atom. The van der Waals surface area contributed by atoms with Gasteiger partial charge in [0, 0.05) is 13.2 Å². The van der Waals surface area contributed by atoms with Crippen molar-refractivity contribution in [1.29, 1.82) is 0 Å². The van der Waals surface area contributed by atoms with Crippen LogP contribution in [0.3, 0.4) is 0 Å². The van der Waals surface area contributed by atoms with E-state index in [4.69, 9.17) is 0 Å². The molecule has 72 valence electrons. The van der Waals surface area contributed by atoms with Crippen molar-refractivity contribution in [2.75, 3.05) is 0 Å². The smallest absolute Gasteiger partial charge is 0.194 e. The van der Waals surface area contributed by atoms with Crippen molar-refractivity contribution in [2.45, 2.75) is 20.0 Å². The van der Waals surface area contributed by atoms with E-state index in [0.29, 0.717) is 5.56 Å². The Bertz CT molecular complexity index is 304. The van der Waals surface area contributed by atoms with Gasteiger partial charge in [0.15, 0.2) is 5.78 Å². The summed E-state index contributed by atoms with van der Waals surface area (Å²) in [5.41, 5.74) is 0.462. The summed E-state index contributed by atoms with van der Waals surface area (Å²) in [6, 6.07) is 0. The number of rotatable bonds is 3. The number of ketones is 1. The number of hydrogen-bond donors (Lipinski definition) is 1. The Kier molecular flexibility index (Phi) is 2.83. The number of Topliss-reactive ketones (excluding diaryl/α,β-unsaturated/α-hetero) is 1. The summed E-state index contributed by atoms with van der Waals surface area (Å²) in [6.45, 7) is 3.61. The number of aliphatic hydroxyl groups is 1. The molecule has 0 bridgehead atoms. The van der Waals surface area contributed by atoms with Crippen LogP contribution in [0.25, 0.3) is 0 Å². The molecule has 13 heavy (non-hydrogen) atoms. The SMILES string of the molecule is CC(C)C(O)C(=O)c1cnn(C)c1. The van der Waals surface area contributed by atoms with Crippen LogP contribution in [0.2, 0.25) is 0 Å². The highest BCUT2D eigenvalue weighted by molar-refractivity contribution is 5.99. The highest BCUT2D eigenvalue weighted by atomic mass is 16.3. The van der Waals surface area contributed by atoms with Gasteiger partial charge in [0.1, 0.15) is 6.10 Å². The Morgan fingerprint density at radius 3 is 2.62 bits per heavy atom. The van der Waals surface area contributed by atoms with Crippen LogP contribution in [0.1, 0.15) is 24.2 Å². The first kappa shape index (κ1) is 9.92. The van der Waals surface area contributed by atoms with Crippen molar-refractivity contribution in [1.82, 2.24) is 9.78 Å². The Morgan fingerprint density at radius 2 is 2.23 bits per heavy atom. The first-order valence-corrected chi connectivity index (χ1v) is 4.23. The topological polar surface area (TPSA) is 55.1 Å². The molecule has 0 amide bonds. The minimum absolute atomic E-state index is 0.0623. The molecular formula is C9H14N2O2. The molecule has 0 aromatic carbocycles. The average molecular weight is 182 g/mol. The molecule has 1 atom stereocenters. The highest BCUT2D eigenvalue weighted by Gasteiger charge is 2.21. The minimum Gasteiger partial charge on any atom is -0.385 e. The normalized spacial score (nSPS) is 13.3. The Hall–Kier alpha value is -1.16. The van der Waals surface area contributed by atoms with Gasteiger partial charge >= 0.3 is 0 Å². The number of nitrogens with zero attached hydrogens (tertiary/aromatic N) is 2. The lowest BCUT2D eigenvalue weighted by Crippen LogP contribution is -2.25. The molecule has 1 rings (SSSR count). The molecule has 0 fully saturated rings. The van der Waals surface area contributed by atoms with E-state index in [9.17, 15) is 9.90 Å². The summed E-state index contributed by atoms with van der Waals surface area (Å²) in [5.74, 6) is -0.323. The van der Waals surface area contributed by atoms with E-state index in [1.165, 1.54) is 6.20 Å². The molecule has 4 nitrogen and oxygen atoms in total. The highest BCUT2D eigenvalue weighted by Crippen LogP contribution is 2.09. The number of aryl methyl sites for hydroxylation is 1. The maximum absolute atomic E-state index is 11.5. The van der Waals surface area contributed by atoms with Crippen LogP contribution in [0.5, 0.6) is 0 Å². The fraction of sp³-hybridized carbons (Fsp3) is 0.556. The first-order valence-electron chi connectivity index (χ1n) is 4.23. The maximum Gasteiger partial charge on any atom is 0.194 e. The van der Waals surface area contributed by atoms with Crippen LogP contribution in [0.4, 0.5) is 0 Å². The van der Waals surface area contributed by atoms with Gasteiger partial charge in [-0.15, -0.1) is 0 Å².